The maximum Gasteiger partial charge on any atom is 0.224 e. The zero-order valence-electron chi connectivity index (χ0n) is 15.3. The molecule has 0 saturated heterocycles. The molecular weight excluding hydrogens is 336 g/mol. The first-order chi connectivity index (χ1) is 13.3. The second-order valence-electron chi connectivity index (χ2n) is 7.14. The molecule has 1 aliphatic rings. The summed E-state index contributed by atoms with van der Waals surface area (Å²) in [4.78, 5) is 16.8. The van der Waals surface area contributed by atoms with Crippen molar-refractivity contribution in [3.63, 3.8) is 0 Å². The molecule has 0 unspecified atom stereocenters. The van der Waals surface area contributed by atoms with Crippen LogP contribution in [0.3, 0.4) is 0 Å². The van der Waals surface area contributed by atoms with Crippen molar-refractivity contribution in [2.45, 2.75) is 44.2 Å². The van der Waals surface area contributed by atoms with Crippen molar-refractivity contribution >= 4 is 16.7 Å². The predicted molar refractivity (Wildman–Crippen MR) is 107 cm³/mol. The van der Waals surface area contributed by atoms with E-state index in [1.807, 2.05) is 42.5 Å². The highest BCUT2D eigenvalue weighted by molar-refractivity contribution is 5.90. The van der Waals surface area contributed by atoms with Gasteiger partial charge in [-0.05, 0) is 48.1 Å². The van der Waals surface area contributed by atoms with Gasteiger partial charge in [0.2, 0.25) is 11.8 Å². The van der Waals surface area contributed by atoms with Gasteiger partial charge in [-0.3, -0.25) is 4.79 Å². The van der Waals surface area contributed by atoms with Gasteiger partial charge < -0.3 is 10.1 Å². The average Bonchev–Trinajstić information content (AvgIpc) is 2.71. The Kier molecular flexibility index (Phi) is 5.33. The van der Waals surface area contributed by atoms with E-state index in [1.165, 1.54) is 5.39 Å². The van der Waals surface area contributed by atoms with Gasteiger partial charge in [-0.1, -0.05) is 48.5 Å². The number of ether oxygens (including phenoxy) is 1. The van der Waals surface area contributed by atoms with Gasteiger partial charge >= 0.3 is 0 Å². The number of fused-ring (bicyclic) bond motifs is 1. The van der Waals surface area contributed by atoms with Crippen LogP contribution in [0.2, 0.25) is 0 Å². The number of nitrogens with one attached hydrogen (secondary N) is 1. The van der Waals surface area contributed by atoms with Crippen molar-refractivity contribution in [1.29, 1.82) is 0 Å². The van der Waals surface area contributed by atoms with Crippen LogP contribution in [0.5, 0.6) is 5.88 Å². The summed E-state index contributed by atoms with van der Waals surface area (Å²) in [7, 11) is 0. The van der Waals surface area contributed by atoms with Gasteiger partial charge in [0.25, 0.3) is 0 Å². The molecule has 4 nitrogen and oxygen atoms in total. The smallest absolute Gasteiger partial charge is 0.224 e. The number of rotatable bonds is 5. The molecule has 0 atom stereocenters. The van der Waals surface area contributed by atoms with Gasteiger partial charge in [0.15, 0.2) is 0 Å². The number of nitrogens with zero attached hydrogens (tertiary/aromatic N) is 1. The van der Waals surface area contributed by atoms with Crippen molar-refractivity contribution in [2.75, 3.05) is 0 Å². The lowest BCUT2D eigenvalue weighted by Gasteiger charge is -2.29. The molecule has 0 aliphatic heterocycles. The maximum absolute atomic E-state index is 12.5. The Balaban J connectivity index is 1.29. The van der Waals surface area contributed by atoms with Gasteiger partial charge in [0, 0.05) is 18.3 Å². The first kappa shape index (κ1) is 17.5. The van der Waals surface area contributed by atoms with E-state index < -0.39 is 0 Å². The summed E-state index contributed by atoms with van der Waals surface area (Å²) in [5, 5.41) is 5.54. The predicted octanol–water partition coefficient (Wildman–Crippen LogP) is 4.28. The summed E-state index contributed by atoms with van der Waals surface area (Å²) in [6.07, 6.45) is 6.12. The molecule has 1 heterocycles. The first-order valence-electron chi connectivity index (χ1n) is 9.61. The largest absolute Gasteiger partial charge is 0.474 e. The van der Waals surface area contributed by atoms with E-state index >= 15 is 0 Å². The summed E-state index contributed by atoms with van der Waals surface area (Å²) in [5.74, 6) is 0.779. The lowest BCUT2D eigenvalue weighted by Crippen LogP contribution is -2.40. The molecule has 1 amide bonds. The summed E-state index contributed by atoms with van der Waals surface area (Å²) in [5.41, 5.74) is 1.08. The third-order valence-corrected chi connectivity index (χ3v) is 5.20. The Morgan fingerprint density at radius 1 is 0.963 bits per heavy atom. The van der Waals surface area contributed by atoms with Crippen LogP contribution in [0.25, 0.3) is 10.8 Å². The number of hydrogen-bond donors (Lipinski definition) is 1. The van der Waals surface area contributed by atoms with Crippen molar-refractivity contribution in [1.82, 2.24) is 10.3 Å². The Hall–Kier alpha value is -2.88. The van der Waals surface area contributed by atoms with Crippen LogP contribution in [0.4, 0.5) is 0 Å². The molecule has 0 bridgehead atoms. The average molecular weight is 360 g/mol. The third kappa shape index (κ3) is 4.45. The van der Waals surface area contributed by atoms with Crippen molar-refractivity contribution in [3.05, 3.63) is 72.4 Å². The van der Waals surface area contributed by atoms with E-state index in [9.17, 15) is 4.79 Å². The Morgan fingerprint density at radius 2 is 1.74 bits per heavy atom. The molecule has 1 fully saturated rings. The number of carbonyl (C=O) groups excluding carboxylic acids is 1. The highest BCUT2D eigenvalue weighted by Gasteiger charge is 2.24. The fourth-order valence-corrected chi connectivity index (χ4v) is 3.81. The van der Waals surface area contributed by atoms with E-state index in [1.54, 1.807) is 6.20 Å². The van der Waals surface area contributed by atoms with Crippen LogP contribution >= 0.6 is 0 Å². The van der Waals surface area contributed by atoms with E-state index in [0.717, 1.165) is 36.6 Å². The topological polar surface area (TPSA) is 51.2 Å². The second kappa shape index (κ2) is 8.21. The van der Waals surface area contributed by atoms with Crippen LogP contribution in [0.15, 0.2) is 66.9 Å². The van der Waals surface area contributed by atoms with E-state index in [4.69, 9.17) is 4.74 Å². The van der Waals surface area contributed by atoms with Crippen LogP contribution < -0.4 is 10.1 Å². The number of aromatic nitrogens is 1. The number of carbonyl (C=O) groups is 1. The highest BCUT2D eigenvalue weighted by atomic mass is 16.5. The van der Waals surface area contributed by atoms with E-state index in [0.29, 0.717) is 12.3 Å². The molecule has 4 heteroatoms. The summed E-state index contributed by atoms with van der Waals surface area (Å²) in [6, 6.07) is 20.3. The molecule has 1 aromatic heterocycles. The van der Waals surface area contributed by atoms with Crippen molar-refractivity contribution < 1.29 is 9.53 Å². The van der Waals surface area contributed by atoms with Gasteiger partial charge in [-0.2, -0.15) is 0 Å². The molecule has 1 aliphatic carbocycles. The quantitative estimate of drug-likeness (QED) is 0.739. The summed E-state index contributed by atoms with van der Waals surface area (Å²) >= 11 is 0. The van der Waals surface area contributed by atoms with Crippen LogP contribution in [0, 0.1) is 0 Å². The molecule has 0 spiro atoms. The van der Waals surface area contributed by atoms with Gasteiger partial charge in [0.1, 0.15) is 6.10 Å². The molecule has 2 aromatic carbocycles. The number of pyridine rings is 1. The zero-order chi connectivity index (χ0) is 18.5. The summed E-state index contributed by atoms with van der Waals surface area (Å²) in [6.45, 7) is 0. The minimum atomic E-state index is 0.0976. The fraction of sp³-hybridized carbons (Fsp3) is 0.304. The fourth-order valence-electron chi connectivity index (χ4n) is 3.81. The standard InChI is InChI=1S/C23H24N2O2/c26-22(16-18-8-5-7-17-6-1-2-9-21(17)18)25-19-11-13-20(14-12-19)27-23-10-3-4-15-24-23/h1-10,15,19-20H,11-14,16H2,(H,25,26). The molecule has 1 N–H and O–H groups in total. The Morgan fingerprint density at radius 3 is 2.56 bits per heavy atom. The SMILES string of the molecule is O=C(Cc1cccc2ccccc12)NC1CCC(Oc2ccccn2)CC1. The molecule has 138 valence electrons. The lowest BCUT2D eigenvalue weighted by atomic mass is 9.92. The van der Waals surface area contributed by atoms with Crippen LogP contribution in [-0.2, 0) is 11.2 Å². The minimum Gasteiger partial charge on any atom is -0.474 e. The maximum atomic E-state index is 12.5. The van der Waals surface area contributed by atoms with Crippen molar-refractivity contribution in [3.8, 4) is 5.88 Å². The van der Waals surface area contributed by atoms with E-state index in [2.05, 4.69) is 28.5 Å². The Labute approximate surface area is 159 Å². The number of benzene rings is 2. The molecule has 1 saturated carbocycles. The van der Waals surface area contributed by atoms with Gasteiger partial charge in [-0.25, -0.2) is 4.98 Å². The molecule has 27 heavy (non-hydrogen) atoms. The van der Waals surface area contributed by atoms with Crippen LogP contribution in [0.1, 0.15) is 31.2 Å². The van der Waals surface area contributed by atoms with Crippen LogP contribution in [-0.4, -0.2) is 23.0 Å². The Bertz CT molecular complexity index is 897. The third-order valence-electron chi connectivity index (χ3n) is 5.20. The highest BCUT2D eigenvalue weighted by Crippen LogP contribution is 2.23. The van der Waals surface area contributed by atoms with Gasteiger partial charge in [-0.15, -0.1) is 0 Å². The van der Waals surface area contributed by atoms with Crippen molar-refractivity contribution in [2.24, 2.45) is 0 Å². The molecule has 3 aromatic rings. The summed E-state index contributed by atoms with van der Waals surface area (Å²) < 4.78 is 5.93. The lowest BCUT2D eigenvalue weighted by molar-refractivity contribution is -0.121. The number of hydrogen-bond acceptors (Lipinski definition) is 3. The molecule has 0 radical (unpaired) electrons. The normalized spacial score (nSPS) is 19.6. The zero-order valence-corrected chi connectivity index (χ0v) is 15.3. The van der Waals surface area contributed by atoms with E-state index in [-0.39, 0.29) is 18.1 Å². The van der Waals surface area contributed by atoms with Gasteiger partial charge in [0.05, 0.1) is 6.42 Å². The second-order valence-corrected chi connectivity index (χ2v) is 7.14. The number of amides is 1. The monoisotopic (exact) mass is 360 g/mol. The minimum absolute atomic E-state index is 0.0976. The first-order valence-corrected chi connectivity index (χ1v) is 9.61. The molecule has 4 rings (SSSR count). The molecular formula is C23H24N2O2.